The quantitative estimate of drug-likeness (QED) is 0.451. The number of hydrogen-bond acceptors (Lipinski definition) is 6. The number of amides is 1. The van der Waals surface area contributed by atoms with Crippen LogP contribution in [0.25, 0.3) is 0 Å². The molecule has 2 rings (SSSR count). The van der Waals surface area contributed by atoms with E-state index in [0.29, 0.717) is 39.9 Å². The second-order valence-electron chi connectivity index (χ2n) is 5.77. The van der Waals surface area contributed by atoms with Crippen molar-refractivity contribution in [2.24, 2.45) is 5.10 Å². The summed E-state index contributed by atoms with van der Waals surface area (Å²) in [5.41, 5.74) is 2.69. The van der Waals surface area contributed by atoms with Gasteiger partial charge in [-0.1, -0.05) is 11.6 Å². The molecule has 0 spiro atoms. The van der Waals surface area contributed by atoms with Crippen LogP contribution in [-0.2, 0) is 11.2 Å². The van der Waals surface area contributed by atoms with Crippen molar-refractivity contribution in [1.29, 1.82) is 0 Å². The molecule has 0 bridgehead atoms. The lowest BCUT2D eigenvalue weighted by Crippen LogP contribution is -2.28. The number of rotatable bonds is 8. The second-order valence-corrected chi connectivity index (χ2v) is 6.18. The number of hydrogen-bond donors (Lipinski definition) is 3. The normalized spacial score (nSPS) is 10.9. The predicted molar refractivity (Wildman–Crippen MR) is 106 cm³/mol. The Labute approximate surface area is 165 Å². The van der Waals surface area contributed by atoms with E-state index in [-0.39, 0.29) is 18.7 Å². The van der Waals surface area contributed by atoms with Crippen molar-refractivity contribution in [3.05, 3.63) is 54.8 Å². The third kappa shape index (κ3) is 5.46. The number of hydrazone groups is 1. The molecule has 0 radical (unpaired) electrons. The Bertz CT molecular complexity index is 996. The summed E-state index contributed by atoms with van der Waals surface area (Å²) in [5, 5.41) is 4.24. The Morgan fingerprint density at radius 2 is 2.07 bits per heavy atom. The maximum atomic E-state index is 12.0. The molecule has 0 aliphatic carbocycles. The number of aromatic nitrogens is 2. The molecule has 1 amide bonds. The molecule has 0 fully saturated rings. The molecule has 0 saturated heterocycles. The maximum absolute atomic E-state index is 12.0. The third-order valence-electron chi connectivity index (χ3n) is 3.80. The van der Waals surface area contributed by atoms with Gasteiger partial charge in [0.1, 0.15) is 0 Å². The van der Waals surface area contributed by atoms with Crippen molar-refractivity contribution in [3.8, 4) is 11.5 Å². The van der Waals surface area contributed by atoms with Crippen molar-refractivity contribution >= 4 is 23.7 Å². The summed E-state index contributed by atoms with van der Waals surface area (Å²) in [6.45, 7) is 3.88. The van der Waals surface area contributed by atoms with Crippen LogP contribution in [0.1, 0.15) is 30.2 Å². The first-order valence-electron chi connectivity index (χ1n) is 8.50. The number of H-pyrrole nitrogens is 2. The molecular formula is C18H21ClN4O5. The summed E-state index contributed by atoms with van der Waals surface area (Å²) >= 11 is 6.16. The summed E-state index contributed by atoms with van der Waals surface area (Å²) in [7, 11) is 1.49. The molecule has 1 aromatic carbocycles. The maximum Gasteiger partial charge on any atom is 0.325 e. The summed E-state index contributed by atoms with van der Waals surface area (Å²) in [6.07, 6.45) is 1.62. The molecule has 0 saturated carbocycles. The third-order valence-corrected chi connectivity index (χ3v) is 4.08. The lowest BCUT2D eigenvalue weighted by molar-refractivity contribution is -0.121. The Balaban J connectivity index is 2.00. The van der Waals surface area contributed by atoms with Crippen LogP contribution in [0.15, 0.2) is 26.8 Å². The minimum atomic E-state index is -0.579. The van der Waals surface area contributed by atoms with E-state index in [4.69, 9.17) is 21.1 Å². The van der Waals surface area contributed by atoms with Crippen LogP contribution in [-0.4, -0.2) is 35.8 Å². The van der Waals surface area contributed by atoms with Crippen LogP contribution in [0.3, 0.4) is 0 Å². The number of methoxy groups -OCH3 is 1. The fourth-order valence-corrected chi connectivity index (χ4v) is 2.82. The first-order valence-corrected chi connectivity index (χ1v) is 8.87. The van der Waals surface area contributed by atoms with Gasteiger partial charge < -0.3 is 14.5 Å². The van der Waals surface area contributed by atoms with Gasteiger partial charge in [0.05, 0.1) is 25.0 Å². The molecule has 10 heteroatoms. The SMILES string of the molecule is CCOc1cc(/C=N/NC(=O)CCc2c(C)[nH]c(=O)[nH]c2=O)cc(Cl)c1OC. The van der Waals surface area contributed by atoms with Crippen LogP contribution >= 0.6 is 11.6 Å². The molecule has 2 aromatic rings. The Morgan fingerprint density at radius 3 is 2.71 bits per heavy atom. The van der Waals surface area contributed by atoms with Crippen molar-refractivity contribution < 1.29 is 14.3 Å². The molecule has 1 heterocycles. The van der Waals surface area contributed by atoms with E-state index in [2.05, 4.69) is 20.5 Å². The van der Waals surface area contributed by atoms with E-state index in [0.717, 1.165) is 0 Å². The van der Waals surface area contributed by atoms with Gasteiger partial charge in [-0.15, -0.1) is 0 Å². The molecule has 9 nitrogen and oxygen atoms in total. The summed E-state index contributed by atoms with van der Waals surface area (Å²) in [5.74, 6) is 0.509. The summed E-state index contributed by atoms with van der Waals surface area (Å²) < 4.78 is 10.7. The predicted octanol–water partition coefficient (Wildman–Crippen LogP) is 1.52. The zero-order chi connectivity index (χ0) is 20.7. The number of aryl methyl sites for hydroxylation is 1. The number of ether oxygens (including phenoxy) is 2. The van der Waals surface area contributed by atoms with Gasteiger partial charge in [0.2, 0.25) is 5.91 Å². The number of nitrogens with one attached hydrogen (secondary N) is 3. The summed E-state index contributed by atoms with van der Waals surface area (Å²) in [4.78, 5) is 39.5. The number of nitrogens with zero attached hydrogens (tertiary/aromatic N) is 1. The van der Waals surface area contributed by atoms with E-state index < -0.39 is 11.2 Å². The Hall–Kier alpha value is -3.07. The zero-order valence-electron chi connectivity index (χ0n) is 15.7. The molecule has 0 atom stereocenters. The van der Waals surface area contributed by atoms with Crippen molar-refractivity contribution in [1.82, 2.24) is 15.4 Å². The minimum absolute atomic E-state index is 0.0286. The van der Waals surface area contributed by atoms with Crippen molar-refractivity contribution in [2.45, 2.75) is 26.7 Å². The lowest BCUT2D eigenvalue weighted by Gasteiger charge is -2.11. The first kappa shape index (κ1) is 21.2. The fourth-order valence-electron chi connectivity index (χ4n) is 2.52. The molecule has 150 valence electrons. The zero-order valence-corrected chi connectivity index (χ0v) is 16.5. The number of carbonyl (C=O) groups is 1. The van der Waals surface area contributed by atoms with Crippen LogP contribution in [0.5, 0.6) is 11.5 Å². The van der Waals surface area contributed by atoms with Gasteiger partial charge in [-0.25, -0.2) is 10.2 Å². The van der Waals surface area contributed by atoms with Gasteiger partial charge >= 0.3 is 5.69 Å². The number of halogens is 1. The Kier molecular flexibility index (Phi) is 7.39. The molecule has 0 unspecified atom stereocenters. The summed E-state index contributed by atoms with van der Waals surface area (Å²) in [6, 6.07) is 3.31. The molecule has 1 aromatic heterocycles. The van der Waals surface area contributed by atoms with Gasteiger partial charge in [-0.3, -0.25) is 14.6 Å². The highest BCUT2D eigenvalue weighted by Crippen LogP contribution is 2.35. The number of aromatic amines is 2. The molecule has 3 N–H and O–H groups in total. The van der Waals surface area contributed by atoms with Gasteiger partial charge in [-0.2, -0.15) is 5.10 Å². The monoisotopic (exact) mass is 408 g/mol. The molecule has 0 aliphatic heterocycles. The van der Waals surface area contributed by atoms with E-state index in [9.17, 15) is 14.4 Å². The minimum Gasteiger partial charge on any atom is -0.491 e. The highest BCUT2D eigenvalue weighted by molar-refractivity contribution is 6.32. The van der Waals surface area contributed by atoms with Crippen molar-refractivity contribution in [2.75, 3.05) is 13.7 Å². The average Bonchev–Trinajstić information content (AvgIpc) is 2.61. The topological polar surface area (TPSA) is 126 Å². The molecule has 28 heavy (non-hydrogen) atoms. The van der Waals surface area contributed by atoms with Crippen LogP contribution in [0, 0.1) is 6.92 Å². The second kappa shape index (κ2) is 9.75. The van der Waals surface area contributed by atoms with Crippen LogP contribution < -0.4 is 26.1 Å². The van der Waals surface area contributed by atoms with Crippen LogP contribution in [0.2, 0.25) is 5.02 Å². The smallest absolute Gasteiger partial charge is 0.325 e. The first-order chi connectivity index (χ1) is 13.3. The van der Waals surface area contributed by atoms with Gasteiger partial charge in [0.15, 0.2) is 11.5 Å². The van der Waals surface area contributed by atoms with E-state index in [1.807, 2.05) is 6.92 Å². The van der Waals surface area contributed by atoms with Crippen LogP contribution in [0.4, 0.5) is 0 Å². The molecular weight excluding hydrogens is 388 g/mol. The van der Waals surface area contributed by atoms with E-state index in [1.54, 1.807) is 19.1 Å². The standard InChI is InChI=1S/C18H21ClN4O5/c1-4-28-14-8-11(7-13(19)16(14)27-3)9-20-23-15(24)6-5-12-10(2)21-18(26)22-17(12)25/h7-9H,4-6H2,1-3H3,(H,23,24)(H2,21,22,25,26)/b20-9+. The van der Waals surface area contributed by atoms with Gasteiger partial charge in [-0.05, 0) is 38.0 Å². The fraction of sp³-hybridized carbons (Fsp3) is 0.333. The highest BCUT2D eigenvalue weighted by Gasteiger charge is 2.11. The number of carbonyl (C=O) groups excluding carboxylic acids is 1. The Morgan fingerprint density at radius 1 is 1.32 bits per heavy atom. The van der Waals surface area contributed by atoms with Crippen molar-refractivity contribution in [3.63, 3.8) is 0 Å². The van der Waals surface area contributed by atoms with Gasteiger partial charge in [0.25, 0.3) is 5.56 Å². The largest absolute Gasteiger partial charge is 0.491 e. The van der Waals surface area contributed by atoms with Gasteiger partial charge in [0, 0.05) is 17.7 Å². The lowest BCUT2D eigenvalue weighted by atomic mass is 10.1. The molecule has 0 aliphatic rings. The highest BCUT2D eigenvalue weighted by atomic mass is 35.5. The number of benzene rings is 1. The van der Waals surface area contributed by atoms with E-state index in [1.165, 1.54) is 13.3 Å². The average molecular weight is 409 g/mol. The van der Waals surface area contributed by atoms with E-state index >= 15 is 0 Å².